The summed E-state index contributed by atoms with van der Waals surface area (Å²) in [5, 5.41) is 12.0. The van der Waals surface area contributed by atoms with Crippen molar-refractivity contribution in [1.82, 2.24) is 0 Å². The van der Waals surface area contributed by atoms with E-state index < -0.39 is 20.8 Å². The van der Waals surface area contributed by atoms with Crippen molar-refractivity contribution in [2.45, 2.75) is 50.3 Å². The molecule has 0 amide bonds. The van der Waals surface area contributed by atoms with E-state index in [2.05, 4.69) is 6.92 Å². The van der Waals surface area contributed by atoms with Gasteiger partial charge in [-0.15, -0.1) is 0 Å². The minimum atomic E-state index is -4.40. The van der Waals surface area contributed by atoms with Crippen LogP contribution in [0, 0.1) is 0 Å². The summed E-state index contributed by atoms with van der Waals surface area (Å²) >= 11 is 0. The molecular formula is C19H23KO5S. The molecule has 0 aliphatic heterocycles. The molecule has 2 aromatic carbocycles. The normalized spacial score (nSPS) is 11.0. The summed E-state index contributed by atoms with van der Waals surface area (Å²) in [6.45, 7) is 2.18. The van der Waals surface area contributed by atoms with E-state index in [0.29, 0.717) is 5.75 Å². The molecular weight excluding hydrogens is 379 g/mol. The molecule has 7 heteroatoms. The van der Waals surface area contributed by atoms with Crippen molar-refractivity contribution in [1.29, 1.82) is 0 Å². The zero-order chi connectivity index (χ0) is 18.3. The molecule has 0 aliphatic carbocycles. The fourth-order valence-electron chi connectivity index (χ4n) is 2.58. The monoisotopic (exact) mass is 402 g/mol. The molecule has 0 saturated carbocycles. The Labute approximate surface area is 198 Å². The van der Waals surface area contributed by atoms with Crippen LogP contribution in [0.2, 0.25) is 0 Å². The van der Waals surface area contributed by atoms with Gasteiger partial charge in [-0.25, -0.2) is 0 Å². The maximum Gasteiger partial charge on any atom is 1.00 e. The van der Waals surface area contributed by atoms with Crippen molar-refractivity contribution in [3.63, 3.8) is 0 Å². The predicted octanol–water partition coefficient (Wildman–Crippen LogP) is 1.32. The largest absolute Gasteiger partial charge is 1.00 e. The average molecular weight is 403 g/mol. The maximum atomic E-state index is 12.0. The zero-order valence-electron chi connectivity index (χ0n) is 15.3. The number of hydrogen-bond acceptors (Lipinski definition) is 4. The number of benzene rings is 2. The molecule has 0 aromatic heterocycles. The Balaban J connectivity index is 0.00000338. The smallest absolute Gasteiger partial charge is 0.870 e. The molecule has 1 N–H and O–H groups in total. The van der Waals surface area contributed by atoms with Crippen LogP contribution in [-0.4, -0.2) is 13.0 Å². The van der Waals surface area contributed by atoms with E-state index in [4.69, 9.17) is 9.29 Å². The van der Waals surface area contributed by atoms with Gasteiger partial charge in [-0.3, -0.25) is 4.55 Å². The molecule has 0 atom stereocenters. The van der Waals surface area contributed by atoms with Crippen molar-refractivity contribution < 1.29 is 74.2 Å². The molecule has 26 heavy (non-hydrogen) atoms. The summed E-state index contributed by atoms with van der Waals surface area (Å²) in [5.74, 6) is 0.0356. The third-order valence-corrected chi connectivity index (χ3v) is 4.80. The van der Waals surface area contributed by atoms with Crippen molar-refractivity contribution in [3.05, 3.63) is 48.0 Å². The van der Waals surface area contributed by atoms with Crippen LogP contribution in [-0.2, 0) is 16.5 Å². The Bertz CT molecular complexity index is 805. The third kappa shape index (κ3) is 7.30. The van der Waals surface area contributed by atoms with E-state index in [9.17, 15) is 13.5 Å². The van der Waals surface area contributed by atoms with E-state index in [1.165, 1.54) is 25.3 Å². The van der Waals surface area contributed by atoms with Gasteiger partial charge in [0.15, 0.2) is 0 Å². The number of rotatable bonds is 9. The van der Waals surface area contributed by atoms with Gasteiger partial charge >= 0.3 is 51.4 Å². The van der Waals surface area contributed by atoms with Crippen molar-refractivity contribution in [2.24, 2.45) is 0 Å². The number of unbranched alkanes of at least 4 members (excludes halogenated alkanes) is 4. The van der Waals surface area contributed by atoms with Crippen molar-refractivity contribution in [2.75, 3.05) is 0 Å². The van der Waals surface area contributed by atoms with Gasteiger partial charge in [0.25, 0.3) is 10.1 Å². The first-order chi connectivity index (χ1) is 11.9. The quantitative estimate of drug-likeness (QED) is 0.388. The number of aryl methyl sites for hydroxylation is 1. The molecule has 0 heterocycles. The Kier molecular flexibility index (Phi) is 10.4. The van der Waals surface area contributed by atoms with Crippen molar-refractivity contribution in [3.8, 4) is 17.2 Å². The molecule has 2 aromatic rings. The van der Waals surface area contributed by atoms with Gasteiger partial charge in [0.05, 0.1) is 4.90 Å². The van der Waals surface area contributed by atoms with Gasteiger partial charge in [-0.05, 0) is 42.7 Å². The van der Waals surface area contributed by atoms with Crippen LogP contribution in [0.1, 0.15) is 44.6 Å². The average Bonchev–Trinajstić information content (AvgIpc) is 2.57. The molecule has 5 nitrogen and oxygen atoms in total. The van der Waals surface area contributed by atoms with Crippen LogP contribution in [0.5, 0.6) is 17.2 Å². The van der Waals surface area contributed by atoms with Gasteiger partial charge < -0.3 is 9.84 Å². The van der Waals surface area contributed by atoms with Crippen molar-refractivity contribution >= 4 is 10.1 Å². The molecule has 0 aliphatic rings. The number of hydrogen-bond donors (Lipinski definition) is 1. The standard InChI is InChI=1S/C19H24O5S.K/c1-2-3-4-5-6-9-15-10-7-8-11-18(15)24-19-13-12-16(14-17(19)20)25(21,22)23;/h7-8,10-14,20H,2-6,9H2,1H3,(H,21,22,23);/q;+1/p-1. The van der Waals surface area contributed by atoms with Gasteiger partial charge in [0.1, 0.15) is 11.5 Å². The zero-order valence-corrected chi connectivity index (χ0v) is 19.2. The van der Waals surface area contributed by atoms with Crippen LogP contribution in [0.25, 0.3) is 0 Å². The van der Waals surface area contributed by atoms with Crippen LogP contribution in [0.15, 0.2) is 47.4 Å². The van der Waals surface area contributed by atoms with Gasteiger partial charge in [0.2, 0.25) is 0 Å². The molecule has 0 spiro atoms. The summed E-state index contributed by atoms with van der Waals surface area (Å²) in [4.78, 5) is -0.436. The van der Waals surface area contributed by atoms with E-state index in [1.807, 2.05) is 18.2 Å². The Morgan fingerprint density at radius 3 is 2.35 bits per heavy atom. The maximum absolute atomic E-state index is 12.0. The third-order valence-electron chi connectivity index (χ3n) is 3.96. The molecule has 0 radical (unpaired) electrons. The minimum Gasteiger partial charge on any atom is -0.870 e. The fourth-order valence-corrected chi connectivity index (χ4v) is 3.08. The van der Waals surface area contributed by atoms with Crippen LogP contribution in [0.3, 0.4) is 0 Å². The molecule has 0 bridgehead atoms. The summed E-state index contributed by atoms with van der Waals surface area (Å²) < 4.78 is 36.8. The van der Waals surface area contributed by atoms with Crippen LogP contribution in [0.4, 0.5) is 0 Å². The molecule has 0 fully saturated rings. The second kappa shape index (κ2) is 11.4. The van der Waals surface area contributed by atoms with E-state index in [-0.39, 0.29) is 57.1 Å². The Hall–Kier alpha value is -0.414. The topological polar surface area (TPSA) is 86.7 Å². The summed E-state index contributed by atoms with van der Waals surface area (Å²) in [7, 11) is -4.40. The number of ether oxygens (including phenoxy) is 1. The first kappa shape index (κ1) is 23.6. The Morgan fingerprint density at radius 2 is 1.69 bits per heavy atom. The van der Waals surface area contributed by atoms with E-state index in [1.54, 1.807) is 6.07 Å². The summed E-state index contributed by atoms with van der Waals surface area (Å²) in [6.07, 6.45) is 6.70. The molecule has 0 saturated heterocycles. The summed E-state index contributed by atoms with van der Waals surface area (Å²) in [5.41, 5.74) is 1.01. The van der Waals surface area contributed by atoms with E-state index >= 15 is 0 Å². The first-order valence-electron chi connectivity index (χ1n) is 8.46. The number of para-hydroxylation sites is 1. The fraction of sp³-hybridized carbons (Fsp3) is 0.368. The first-order valence-corrected chi connectivity index (χ1v) is 9.90. The van der Waals surface area contributed by atoms with Crippen LogP contribution < -0.4 is 61.2 Å². The van der Waals surface area contributed by atoms with E-state index in [0.717, 1.165) is 37.0 Å². The SMILES string of the molecule is CCCCCCCc1ccccc1Oc1ccc(S(=O)(=O)O)cc1[O-].[K+]. The second-order valence-electron chi connectivity index (χ2n) is 5.96. The van der Waals surface area contributed by atoms with Gasteiger partial charge in [-0.1, -0.05) is 56.6 Å². The van der Waals surface area contributed by atoms with Gasteiger partial charge in [0, 0.05) is 0 Å². The minimum absolute atomic E-state index is 0. The summed E-state index contributed by atoms with van der Waals surface area (Å²) in [6, 6.07) is 10.8. The molecule has 0 unspecified atom stereocenters. The van der Waals surface area contributed by atoms with Gasteiger partial charge in [-0.2, -0.15) is 8.42 Å². The second-order valence-corrected chi connectivity index (χ2v) is 7.38. The van der Waals surface area contributed by atoms with Crippen LogP contribution >= 0.6 is 0 Å². The molecule has 2 rings (SSSR count). The molecule has 136 valence electrons. The predicted molar refractivity (Wildman–Crippen MR) is 94.7 cm³/mol. The Morgan fingerprint density at radius 1 is 1.00 bits per heavy atom.